The molecule has 3 nitrogen and oxygen atoms in total. The highest BCUT2D eigenvalue weighted by atomic mass is 35.5. The highest BCUT2D eigenvalue weighted by molar-refractivity contribution is 6.30. The van der Waals surface area contributed by atoms with E-state index in [1.807, 2.05) is 31.2 Å². The maximum absolute atomic E-state index is 11.9. The molecule has 92 valence electrons. The van der Waals surface area contributed by atoms with E-state index in [0.29, 0.717) is 18.2 Å². The molecule has 1 heterocycles. The lowest BCUT2D eigenvalue weighted by molar-refractivity contribution is -0.125. The fraction of sp³-hybridized carbons (Fsp3) is 0.462. The molecule has 2 atom stereocenters. The van der Waals surface area contributed by atoms with Crippen molar-refractivity contribution in [3.05, 3.63) is 34.9 Å². The van der Waals surface area contributed by atoms with Crippen molar-refractivity contribution >= 4 is 17.5 Å². The molecule has 0 aliphatic carbocycles. The van der Waals surface area contributed by atoms with Crippen LogP contribution >= 0.6 is 11.6 Å². The molecule has 0 saturated carbocycles. The first-order chi connectivity index (χ1) is 8.16. The van der Waals surface area contributed by atoms with Gasteiger partial charge in [-0.2, -0.15) is 0 Å². The fourth-order valence-electron chi connectivity index (χ4n) is 1.91. The van der Waals surface area contributed by atoms with Gasteiger partial charge in [0.2, 0.25) is 5.91 Å². The molecular formula is C13H16ClNO2. The molecule has 17 heavy (non-hydrogen) atoms. The molecule has 1 N–H and O–H groups in total. The Morgan fingerprint density at radius 1 is 1.47 bits per heavy atom. The van der Waals surface area contributed by atoms with E-state index < -0.39 is 0 Å². The molecule has 0 spiro atoms. The summed E-state index contributed by atoms with van der Waals surface area (Å²) in [5.41, 5.74) is 1.06. The van der Waals surface area contributed by atoms with Gasteiger partial charge in [0.15, 0.2) is 0 Å². The van der Waals surface area contributed by atoms with Gasteiger partial charge >= 0.3 is 0 Å². The molecule has 1 fully saturated rings. The lowest BCUT2D eigenvalue weighted by atomic mass is 10.1. The number of ether oxygens (including phenoxy) is 1. The van der Waals surface area contributed by atoms with Crippen molar-refractivity contribution in [3.63, 3.8) is 0 Å². The van der Waals surface area contributed by atoms with Gasteiger partial charge in [-0.3, -0.25) is 4.79 Å². The van der Waals surface area contributed by atoms with Crippen molar-refractivity contribution in [1.29, 1.82) is 0 Å². The summed E-state index contributed by atoms with van der Waals surface area (Å²) in [5, 5.41) is 3.70. The van der Waals surface area contributed by atoms with Gasteiger partial charge < -0.3 is 10.1 Å². The maximum atomic E-state index is 11.9. The van der Waals surface area contributed by atoms with E-state index in [0.717, 1.165) is 12.0 Å². The molecule has 0 radical (unpaired) electrons. The summed E-state index contributed by atoms with van der Waals surface area (Å²) >= 11 is 5.82. The van der Waals surface area contributed by atoms with Gasteiger partial charge in [0.1, 0.15) is 0 Å². The zero-order valence-electron chi connectivity index (χ0n) is 9.78. The minimum atomic E-state index is 0.000340. The number of hydrogen-bond donors (Lipinski definition) is 1. The Bertz CT molecular complexity index is 385. The monoisotopic (exact) mass is 253 g/mol. The quantitative estimate of drug-likeness (QED) is 0.899. The smallest absolute Gasteiger partial charge is 0.225 e. The third-order valence-electron chi connectivity index (χ3n) is 3.03. The van der Waals surface area contributed by atoms with Crippen LogP contribution in [0, 0.1) is 5.92 Å². The molecule has 1 amide bonds. The molecular weight excluding hydrogens is 238 g/mol. The Hall–Kier alpha value is -1.06. The number of hydrogen-bond acceptors (Lipinski definition) is 2. The molecule has 1 aliphatic rings. The SMILES string of the molecule is CC(NC(=O)C1CCOC1)c1ccc(Cl)cc1. The third-order valence-corrected chi connectivity index (χ3v) is 3.28. The predicted molar refractivity (Wildman–Crippen MR) is 66.9 cm³/mol. The number of amides is 1. The van der Waals surface area contributed by atoms with Crippen LogP contribution in [0.1, 0.15) is 24.9 Å². The van der Waals surface area contributed by atoms with Gasteiger partial charge in [0.25, 0.3) is 0 Å². The second-order valence-corrected chi connectivity index (χ2v) is 4.78. The Morgan fingerprint density at radius 2 is 2.18 bits per heavy atom. The number of nitrogens with one attached hydrogen (secondary N) is 1. The fourth-order valence-corrected chi connectivity index (χ4v) is 2.03. The largest absolute Gasteiger partial charge is 0.381 e. The van der Waals surface area contributed by atoms with Crippen molar-refractivity contribution in [2.45, 2.75) is 19.4 Å². The topological polar surface area (TPSA) is 38.3 Å². The Labute approximate surface area is 106 Å². The molecule has 2 unspecified atom stereocenters. The van der Waals surface area contributed by atoms with Gasteiger partial charge in [-0.25, -0.2) is 0 Å². The van der Waals surface area contributed by atoms with Crippen LogP contribution in [0.15, 0.2) is 24.3 Å². The summed E-state index contributed by atoms with van der Waals surface area (Å²) in [6.07, 6.45) is 0.819. The van der Waals surface area contributed by atoms with Crippen molar-refractivity contribution in [2.75, 3.05) is 13.2 Å². The second-order valence-electron chi connectivity index (χ2n) is 4.34. The van der Waals surface area contributed by atoms with Gasteiger partial charge in [-0.05, 0) is 31.0 Å². The van der Waals surface area contributed by atoms with Crippen LogP contribution in [0.4, 0.5) is 0 Å². The standard InChI is InChI=1S/C13H16ClNO2/c1-9(10-2-4-12(14)5-3-10)15-13(16)11-6-7-17-8-11/h2-5,9,11H,6-8H2,1H3,(H,15,16). The van der Waals surface area contributed by atoms with Crippen LogP contribution in [0.3, 0.4) is 0 Å². The van der Waals surface area contributed by atoms with E-state index in [1.165, 1.54) is 0 Å². The average molecular weight is 254 g/mol. The number of rotatable bonds is 3. The summed E-state index contributed by atoms with van der Waals surface area (Å²) in [4.78, 5) is 11.9. The van der Waals surface area contributed by atoms with Crippen molar-refractivity contribution in [1.82, 2.24) is 5.32 Å². The molecule has 4 heteroatoms. The Balaban J connectivity index is 1.93. The molecule has 1 aliphatic heterocycles. The lowest BCUT2D eigenvalue weighted by Gasteiger charge is -2.16. The van der Waals surface area contributed by atoms with Crippen molar-refractivity contribution in [2.24, 2.45) is 5.92 Å². The van der Waals surface area contributed by atoms with E-state index in [-0.39, 0.29) is 17.9 Å². The number of benzene rings is 1. The van der Waals surface area contributed by atoms with Crippen LogP contribution in [-0.4, -0.2) is 19.1 Å². The summed E-state index contributed by atoms with van der Waals surface area (Å²) < 4.78 is 5.20. The van der Waals surface area contributed by atoms with E-state index in [4.69, 9.17) is 16.3 Å². The third kappa shape index (κ3) is 3.20. The zero-order valence-corrected chi connectivity index (χ0v) is 10.5. The molecule has 1 aromatic carbocycles. The maximum Gasteiger partial charge on any atom is 0.225 e. The highest BCUT2D eigenvalue weighted by Gasteiger charge is 2.24. The lowest BCUT2D eigenvalue weighted by Crippen LogP contribution is -2.33. The van der Waals surface area contributed by atoms with E-state index >= 15 is 0 Å². The first kappa shape index (κ1) is 12.4. The normalized spacial score (nSPS) is 21.2. The number of halogens is 1. The number of carbonyl (C=O) groups excluding carboxylic acids is 1. The first-order valence-corrected chi connectivity index (χ1v) is 6.18. The zero-order chi connectivity index (χ0) is 12.3. The van der Waals surface area contributed by atoms with E-state index in [9.17, 15) is 4.79 Å². The number of carbonyl (C=O) groups is 1. The van der Waals surface area contributed by atoms with Gasteiger partial charge in [-0.15, -0.1) is 0 Å². The van der Waals surface area contributed by atoms with Gasteiger partial charge in [0, 0.05) is 11.6 Å². The summed E-state index contributed by atoms with van der Waals surface area (Å²) in [6, 6.07) is 7.52. The average Bonchev–Trinajstić information content (AvgIpc) is 2.83. The van der Waals surface area contributed by atoms with E-state index in [2.05, 4.69) is 5.32 Å². The summed E-state index contributed by atoms with van der Waals surface area (Å²) in [7, 11) is 0. The predicted octanol–water partition coefficient (Wildman–Crippen LogP) is 2.55. The first-order valence-electron chi connectivity index (χ1n) is 5.80. The van der Waals surface area contributed by atoms with E-state index in [1.54, 1.807) is 0 Å². The molecule has 0 aromatic heterocycles. The van der Waals surface area contributed by atoms with Crippen LogP contribution in [0.25, 0.3) is 0 Å². The molecule has 1 aromatic rings. The van der Waals surface area contributed by atoms with Crippen molar-refractivity contribution < 1.29 is 9.53 Å². The summed E-state index contributed by atoms with van der Waals surface area (Å²) in [5.74, 6) is 0.0784. The van der Waals surface area contributed by atoms with Crippen LogP contribution in [0.5, 0.6) is 0 Å². The van der Waals surface area contributed by atoms with Crippen LogP contribution in [-0.2, 0) is 9.53 Å². The molecule has 0 bridgehead atoms. The van der Waals surface area contributed by atoms with Crippen LogP contribution in [0.2, 0.25) is 5.02 Å². The minimum Gasteiger partial charge on any atom is -0.381 e. The Kier molecular flexibility index (Phi) is 4.02. The Morgan fingerprint density at radius 3 is 2.76 bits per heavy atom. The van der Waals surface area contributed by atoms with Gasteiger partial charge in [0.05, 0.1) is 18.6 Å². The van der Waals surface area contributed by atoms with Crippen molar-refractivity contribution in [3.8, 4) is 0 Å². The second kappa shape index (κ2) is 5.52. The minimum absolute atomic E-state index is 0.000340. The van der Waals surface area contributed by atoms with Gasteiger partial charge in [-0.1, -0.05) is 23.7 Å². The highest BCUT2D eigenvalue weighted by Crippen LogP contribution is 2.18. The van der Waals surface area contributed by atoms with Crippen LogP contribution < -0.4 is 5.32 Å². The molecule has 1 saturated heterocycles. The molecule has 2 rings (SSSR count). The summed E-state index contributed by atoms with van der Waals surface area (Å²) in [6.45, 7) is 3.20.